The van der Waals surface area contributed by atoms with Crippen LogP contribution < -0.4 is 4.90 Å². The van der Waals surface area contributed by atoms with Crippen molar-refractivity contribution in [3.63, 3.8) is 0 Å². The second-order valence-electron chi connectivity index (χ2n) is 9.55. The van der Waals surface area contributed by atoms with Crippen molar-refractivity contribution in [2.75, 3.05) is 18.1 Å². The lowest BCUT2D eigenvalue weighted by atomic mass is 9.76. The summed E-state index contributed by atoms with van der Waals surface area (Å²) in [6.45, 7) is 11.4. The Morgan fingerprint density at radius 2 is 2.00 bits per heavy atom. The summed E-state index contributed by atoms with van der Waals surface area (Å²) in [4.78, 5) is 19.5. The van der Waals surface area contributed by atoms with Gasteiger partial charge in [-0.2, -0.15) is 5.10 Å². The molecule has 1 fully saturated rings. The van der Waals surface area contributed by atoms with Crippen LogP contribution in [0.25, 0.3) is 5.65 Å². The molecule has 2 aromatic heterocycles. The molecule has 2 atom stereocenters. The minimum Gasteiger partial charge on any atom is -0.462 e. The second kappa shape index (κ2) is 11.2. The summed E-state index contributed by atoms with van der Waals surface area (Å²) in [6, 6.07) is 8.55. The van der Waals surface area contributed by atoms with Gasteiger partial charge in [0.05, 0.1) is 18.8 Å². The van der Waals surface area contributed by atoms with Crippen LogP contribution in [0.15, 0.2) is 42.7 Å². The van der Waals surface area contributed by atoms with Crippen LogP contribution in [0, 0.1) is 17.2 Å². The van der Waals surface area contributed by atoms with Crippen LogP contribution in [0.5, 0.6) is 0 Å². The van der Waals surface area contributed by atoms with Gasteiger partial charge in [-0.15, -0.1) is 0 Å². The number of carbonyl (C=O) groups excluding carboxylic acids is 1. The topological polar surface area (TPSA) is 78.2 Å². The fourth-order valence-corrected chi connectivity index (χ4v) is 6.85. The normalized spacial score (nSPS) is 19.8. The molecule has 0 bridgehead atoms. The van der Waals surface area contributed by atoms with Crippen LogP contribution >= 0.6 is 0 Å². The van der Waals surface area contributed by atoms with Gasteiger partial charge in [-0.25, -0.2) is 18.7 Å². The highest BCUT2D eigenvalue weighted by Crippen LogP contribution is 2.47. The van der Waals surface area contributed by atoms with E-state index in [2.05, 4.69) is 36.9 Å². The molecule has 0 spiro atoms. The van der Waals surface area contributed by atoms with Gasteiger partial charge in [0.2, 0.25) is 0 Å². The summed E-state index contributed by atoms with van der Waals surface area (Å²) in [6.07, 6.45) is 3.83. The van der Waals surface area contributed by atoms with E-state index in [1.54, 1.807) is 29.8 Å². The van der Waals surface area contributed by atoms with Gasteiger partial charge < -0.3 is 18.5 Å². The lowest BCUT2D eigenvalue weighted by molar-refractivity contribution is -0.101. The molecular formula is C25H35FN4O4Si2. The number of carbonyl (C=O) groups is 1. The summed E-state index contributed by atoms with van der Waals surface area (Å²) < 4.78 is 33.4. The first-order valence-corrected chi connectivity index (χ1v) is 16.5. The molecule has 0 radical (unpaired) electrons. The Hall–Kier alpha value is -2.61. The number of fused-ring (bicyclic) bond motifs is 1. The molecule has 0 N–H and O–H groups in total. The van der Waals surface area contributed by atoms with Crippen LogP contribution in [0.1, 0.15) is 49.2 Å². The number of esters is 1. The lowest BCUT2D eigenvalue weighted by Crippen LogP contribution is -2.42. The SMILES string of the molecule is CCOC(=O)c1cnn2ccc(N3CC(C(C)(C)C(O[SiH2]C)O[SiH2]C)CC3c3cccc(F)c3)nc12. The monoisotopic (exact) mass is 530 g/mol. The second-order valence-corrected chi connectivity index (χ2v) is 11.4. The maximum Gasteiger partial charge on any atom is 0.343 e. The van der Waals surface area contributed by atoms with E-state index in [9.17, 15) is 9.18 Å². The average Bonchev–Trinajstić information content (AvgIpc) is 3.49. The van der Waals surface area contributed by atoms with E-state index in [1.165, 1.54) is 12.3 Å². The molecule has 11 heteroatoms. The number of benzene rings is 1. The molecule has 3 aromatic rings. The highest BCUT2D eigenvalue weighted by atomic mass is 28.2. The highest BCUT2D eigenvalue weighted by Gasteiger charge is 2.46. The summed E-state index contributed by atoms with van der Waals surface area (Å²) in [5.41, 5.74) is 1.40. The van der Waals surface area contributed by atoms with Gasteiger partial charge in [0.1, 0.15) is 23.5 Å². The third-order valence-corrected chi connectivity index (χ3v) is 8.25. The first-order valence-electron chi connectivity index (χ1n) is 12.6. The van der Waals surface area contributed by atoms with E-state index in [0.29, 0.717) is 23.6 Å². The Bertz CT molecular complexity index is 1200. The van der Waals surface area contributed by atoms with E-state index in [1.807, 2.05) is 12.1 Å². The summed E-state index contributed by atoms with van der Waals surface area (Å²) in [5, 5.41) is 4.26. The molecule has 1 aliphatic rings. The molecule has 1 aliphatic heterocycles. The van der Waals surface area contributed by atoms with Crippen LogP contribution in [0.4, 0.5) is 10.2 Å². The van der Waals surface area contributed by atoms with E-state index in [-0.39, 0.29) is 36.1 Å². The Labute approximate surface area is 216 Å². The highest BCUT2D eigenvalue weighted by molar-refractivity contribution is 6.26. The van der Waals surface area contributed by atoms with Crippen LogP contribution in [0.3, 0.4) is 0 Å². The molecule has 8 nitrogen and oxygen atoms in total. The quantitative estimate of drug-likeness (QED) is 0.226. The third kappa shape index (κ3) is 5.24. The van der Waals surface area contributed by atoms with Crippen molar-refractivity contribution in [3.8, 4) is 0 Å². The molecule has 0 aliphatic carbocycles. The molecule has 0 saturated carbocycles. The number of hydrogen-bond donors (Lipinski definition) is 0. The van der Waals surface area contributed by atoms with Gasteiger partial charge in [0, 0.05) is 18.2 Å². The maximum absolute atomic E-state index is 14.3. The Kier molecular flexibility index (Phi) is 8.23. The summed E-state index contributed by atoms with van der Waals surface area (Å²) in [5.74, 6) is 0.194. The number of ether oxygens (including phenoxy) is 1. The molecule has 1 aromatic carbocycles. The fraction of sp³-hybridized carbons (Fsp3) is 0.480. The van der Waals surface area contributed by atoms with Crippen molar-refractivity contribution in [2.24, 2.45) is 11.3 Å². The zero-order valence-electron chi connectivity index (χ0n) is 21.6. The average molecular weight is 531 g/mol. The smallest absolute Gasteiger partial charge is 0.343 e. The molecule has 36 heavy (non-hydrogen) atoms. The number of halogens is 1. The van der Waals surface area contributed by atoms with Crippen LogP contribution in [-0.4, -0.2) is 59.5 Å². The van der Waals surface area contributed by atoms with Crippen molar-refractivity contribution < 1.29 is 22.8 Å². The number of nitrogens with zero attached hydrogens (tertiary/aromatic N) is 4. The van der Waals surface area contributed by atoms with E-state index < -0.39 is 25.5 Å². The largest absolute Gasteiger partial charge is 0.462 e. The molecular weight excluding hydrogens is 495 g/mol. The molecule has 4 rings (SSSR count). The number of rotatable bonds is 10. The van der Waals surface area contributed by atoms with Crippen LogP contribution in [0.2, 0.25) is 13.1 Å². The van der Waals surface area contributed by atoms with Crippen molar-refractivity contribution in [2.45, 2.75) is 52.6 Å². The number of anilines is 1. The van der Waals surface area contributed by atoms with Gasteiger partial charge in [-0.05, 0) is 43.0 Å². The first-order chi connectivity index (χ1) is 17.3. The number of aromatic nitrogens is 3. The molecule has 3 heterocycles. The van der Waals surface area contributed by atoms with Crippen molar-refractivity contribution in [1.82, 2.24) is 14.6 Å². The minimum atomic E-state index is -0.659. The van der Waals surface area contributed by atoms with Crippen LogP contribution in [-0.2, 0) is 13.6 Å². The van der Waals surface area contributed by atoms with Gasteiger partial charge in [0.25, 0.3) is 0 Å². The predicted octanol–water partition coefficient (Wildman–Crippen LogP) is 3.26. The Morgan fingerprint density at radius 1 is 1.25 bits per heavy atom. The molecule has 1 saturated heterocycles. The summed E-state index contributed by atoms with van der Waals surface area (Å²) >= 11 is 0. The first kappa shape index (κ1) is 26.5. The Balaban J connectivity index is 1.74. The fourth-order valence-electron chi connectivity index (χ4n) is 5.00. The maximum atomic E-state index is 14.3. The molecule has 0 amide bonds. The van der Waals surface area contributed by atoms with E-state index in [0.717, 1.165) is 12.0 Å². The zero-order chi connectivity index (χ0) is 25.9. The zero-order valence-corrected chi connectivity index (χ0v) is 24.4. The van der Waals surface area contributed by atoms with Gasteiger partial charge in [0.15, 0.2) is 25.2 Å². The Morgan fingerprint density at radius 3 is 2.67 bits per heavy atom. The van der Waals surface area contributed by atoms with Gasteiger partial charge in [-0.3, -0.25) is 0 Å². The van der Waals surface area contributed by atoms with Gasteiger partial charge in [-0.1, -0.05) is 39.1 Å². The predicted molar refractivity (Wildman–Crippen MR) is 142 cm³/mol. The van der Waals surface area contributed by atoms with E-state index >= 15 is 0 Å². The molecule has 2 unspecified atom stereocenters. The van der Waals surface area contributed by atoms with Crippen molar-refractivity contribution in [3.05, 3.63) is 59.7 Å². The lowest BCUT2D eigenvalue weighted by Gasteiger charge is -2.39. The van der Waals surface area contributed by atoms with E-state index in [4.69, 9.17) is 18.6 Å². The van der Waals surface area contributed by atoms with Crippen molar-refractivity contribution in [1.29, 1.82) is 0 Å². The van der Waals surface area contributed by atoms with Crippen molar-refractivity contribution >= 4 is 37.0 Å². The summed E-state index contributed by atoms with van der Waals surface area (Å²) in [7, 11) is -1.32. The molecule has 194 valence electrons. The number of hydrogen-bond acceptors (Lipinski definition) is 7. The third-order valence-electron chi connectivity index (χ3n) is 6.97. The van der Waals surface area contributed by atoms with Gasteiger partial charge >= 0.3 is 5.97 Å². The standard InChI is InChI=1S/C25H35FN4O4Si2/c1-6-32-23(31)19-14-27-30-11-10-21(28-22(19)30)29-15-17(25(2,3)24(33-35-4)34-36-5)13-20(29)16-8-7-9-18(26)12-16/h7-12,14,17,20,24H,6,13,15,35-36H2,1-5H3. The minimum absolute atomic E-state index is 0.0905.